The van der Waals surface area contributed by atoms with Crippen molar-refractivity contribution in [2.45, 2.75) is 82.1 Å². The van der Waals surface area contributed by atoms with Crippen LogP contribution in [0.1, 0.15) is 75.8 Å². The molecule has 2 atom stereocenters. The monoisotopic (exact) mass is 922 g/mol. The Morgan fingerprint density at radius 1 is 0.864 bits per heavy atom. The average molecular weight is 924 g/mol. The highest BCUT2D eigenvalue weighted by atomic mass is 35.5. The normalized spacial score (nSPS) is 23.7. The van der Waals surface area contributed by atoms with Crippen molar-refractivity contribution in [1.29, 1.82) is 0 Å². The standard InChI is InChI=1S/C49H57ClF2N10O4/c1-58-38-9-5-31(23-35(38)43-44(47(58)65)66-28-49(51,52)45(56-43)30-3-4-30)54-37-25-40(53-26-36(37)50)62-21-15-48(16-22-62)13-19-60(20-14-48)27-29-11-17-61(18-12-29)32-6-7-33-39(24-32)59(2)57-42(33)34-8-10-41(63)55-46(34)64/h5-7,9,23-26,29-30,34,45,56H,3-4,8,10-22,27-28H2,1-2H3,(H,53,54)(H,55,63,64). The minimum atomic E-state index is -3.11. The van der Waals surface area contributed by atoms with Gasteiger partial charge in [0.25, 0.3) is 5.56 Å². The maximum Gasteiger partial charge on any atom is 0.301 e. The molecule has 1 saturated carbocycles. The summed E-state index contributed by atoms with van der Waals surface area (Å²) in [7, 11) is 3.55. The molecule has 3 aromatic heterocycles. The molecule has 0 radical (unpaired) electrons. The number of carbonyl (C=O) groups is 2. The van der Waals surface area contributed by atoms with Crippen molar-refractivity contribution in [3.63, 3.8) is 0 Å². The molecular formula is C49H57ClF2N10O4. The van der Waals surface area contributed by atoms with E-state index in [9.17, 15) is 14.4 Å². The van der Waals surface area contributed by atoms with Crippen LogP contribution in [-0.4, -0.2) is 100 Å². The topological polar surface area (TPSA) is 142 Å². The van der Waals surface area contributed by atoms with E-state index in [1.807, 2.05) is 36.0 Å². The van der Waals surface area contributed by atoms with Crippen molar-refractivity contribution in [2.24, 2.45) is 31.3 Å². The molecule has 2 aromatic carbocycles. The number of carbonyl (C=O) groups excluding carboxylic acids is 2. The number of aromatic nitrogens is 4. The van der Waals surface area contributed by atoms with E-state index in [2.05, 4.69) is 48.8 Å². The maximum absolute atomic E-state index is 15.2. The van der Waals surface area contributed by atoms with Crippen LogP contribution >= 0.6 is 11.6 Å². The number of nitrogens with zero attached hydrogens (tertiary/aromatic N) is 7. The van der Waals surface area contributed by atoms with E-state index in [1.165, 1.54) is 23.1 Å². The Labute approximate surface area is 387 Å². The first-order valence-corrected chi connectivity index (χ1v) is 24.1. The second-order valence-corrected chi connectivity index (χ2v) is 20.3. The molecule has 66 heavy (non-hydrogen) atoms. The Morgan fingerprint density at radius 3 is 2.36 bits per heavy atom. The lowest BCUT2D eigenvalue weighted by Gasteiger charge is -2.48. The summed E-state index contributed by atoms with van der Waals surface area (Å²) in [5.41, 5.74) is 5.14. The molecule has 1 aliphatic carbocycles. The molecule has 17 heteroatoms. The zero-order chi connectivity index (χ0) is 45.5. The van der Waals surface area contributed by atoms with Gasteiger partial charge >= 0.3 is 5.92 Å². The van der Waals surface area contributed by atoms with Gasteiger partial charge in [0.15, 0.2) is 6.61 Å². The molecule has 14 nitrogen and oxygen atoms in total. The molecule has 348 valence electrons. The minimum Gasteiger partial charge on any atom is -0.480 e. The Kier molecular flexibility index (Phi) is 10.9. The van der Waals surface area contributed by atoms with Crippen LogP contribution in [0.2, 0.25) is 5.02 Å². The number of aryl methyl sites for hydroxylation is 2. The fourth-order valence-corrected chi connectivity index (χ4v) is 11.6. The Bertz CT molecular complexity index is 2780. The van der Waals surface area contributed by atoms with Gasteiger partial charge < -0.3 is 34.6 Å². The van der Waals surface area contributed by atoms with Crippen molar-refractivity contribution in [1.82, 2.24) is 29.5 Å². The highest BCUT2D eigenvalue weighted by Crippen LogP contribution is 2.47. The van der Waals surface area contributed by atoms with Gasteiger partial charge in [-0.2, -0.15) is 5.10 Å². The summed E-state index contributed by atoms with van der Waals surface area (Å²) in [4.78, 5) is 49.9. The van der Waals surface area contributed by atoms with Crippen LogP contribution in [0.4, 0.5) is 37.3 Å². The van der Waals surface area contributed by atoms with Crippen molar-refractivity contribution in [3.05, 3.63) is 69.7 Å². The third-order valence-electron chi connectivity index (χ3n) is 15.7. The smallest absolute Gasteiger partial charge is 0.301 e. The first-order valence-electron chi connectivity index (χ1n) is 23.7. The fraction of sp³-hybridized carbons (Fsp3) is 0.531. The summed E-state index contributed by atoms with van der Waals surface area (Å²) in [5.74, 6) is -2.71. The van der Waals surface area contributed by atoms with E-state index in [0.29, 0.717) is 70.0 Å². The number of anilines is 5. The molecule has 2 amide bonds. The number of benzene rings is 2. The van der Waals surface area contributed by atoms with Crippen LogP contribution in [0.25, 0.3) is 21.8 Å². The Hall–Kier alpha value is -5.48. The number of hydrogen-bond donors (Lipinski definition) is 3. The molecule has 4 saturated heterocycles. The number of nitrogens with one attached hydrogen (secondary N) is 3. The summed E-state index contributed by atoms with van der Waals surface area (Å²) in [5, 5.41) is 15.8. The fourth-order valence-electron chi connectivity index (χ4n) is 11.5. The molecule has 1 spiro atoms. The van der Waals surface area contributed by atoms with E-state index in [-0.39, 0.29) is 23.5 Å². The number of rotatable bonds is 8. The first kappa shape index (κ1) is 43.1. The number of ether oxygens (including phenoxy) is 1. The van der Waals surface area contributed by atoms with Crippen molar-refractivity contribution in [3.8, 4) is 5.75 Å². The average Bonchev–Trinajstić information content (AvgIpc) is 4.12. The zero-order valence-electron chi connectivity index (χ0n) is 37.6. The van der Waals surface area contributed by atoms with Gasteiger partial charge in [-0.05, 0) is 125 Å². The third kappa shape index (κ3) is 8.01. The largest absolute Gasteiger partial charge is 0.480 e. The molecule has 6 aliphatic rings. The van der Waals surface area contributed by atoms with Crippen LogP contribution in [0.3, 0.4) is 0 Å². The SMILES string of the molecule is Cn1nc(C2CCC(=O)NC2=O)c2ccc(N3CCC(CN4CCC5(CC4)CCN(c4cc(Nc6ccc7c(c6)c6c(c(=O)n7C)OCC(F)(F)C(C7CC7)N6)c(Cl)cn4)CC5)CC3)cc21. The number of likely N-dealkylation sites (tertiary alicyclic amines) is 1. The van der Waals surface area contributed by atoms with Crippen LogP contribution in [0, 0.1) is 17.3 Å². The van der Waals surface area contributed by atoms with Gasteiger partial charge in [-0.25, -0.2) is 13.8 Å². The quantitative estimate of drug-likeness (QED) is 0.133. The highest BCUT2D eigenvalue weighted by Gasteiger charge is 2.51. The second-order valence-electron chi connectivity index (χ2n) is 19.9. The highest BCUT2D eigenvalue weighted by molar-refractivity contribution is 6.33. The number of pyridine rings is 2. The number of alkyl halides is 2. The molecular weight excluding hydrogens is 866 g/mol. The van der Waals surface area contributed by atoms with Gasteiger partial charge in [-0.3, -0.25) is 24.4 Å². The molecule has 0 bridgehead atoms. The number of fused-ring (bicyclic) bond motifs is 4. The molecule has 5 aromatic rings. The van der Waals surface area contributed by atoms with Crippen molar-refractivity contribution < 1.29 is 23.1 Å². The maximum atomic E-state index is 15.2. The molecule has 2 unspecified atom stereocenters. The zero-order valence-corrected chi connectivity index (χ0v) is 38.3. The summed E-state index contributed by atoms with van der Waals surface area (Å²) >= 11 is 6.74. The number of halogens is 3. The van der Waals surface area contributed by atoms with Crippen molar-refractivity contribution >= 4 is 73.8 Å². The van der Waals surface area contributed by atoms with E-state index >= 15 is 8.78 Å². The number of hydrogen-bond acceptors (Lipinski definition) is 11. The second kappa shape index (κ2) is 16.7. The van der Waals surface area contributed by atoms with Gasteiger partial charge in [-0.15, -0.1) is 0 Å². The van der Waals surface area contributed by atoms with Crippen LogP contribution in [0.5, 0.6) is 5.75 Å². The Balaban J connectivity index is 0.686. The van der Waals surface area contributed by atoms with Gasteiger partial charge in [0.05, 0.1) is 51.3 Å². The van der Waals surface area contributed by atoms with Gasteiger partial charge in [-0.1, -0.05) is 11.6 Å². The van der Waals surface area contributed by atoms with Crippen LogP contribution in [0.15, 0.2) is 53.5 Å². The van der Waals surface area contributed by atoms with Gasteiger partial charge in [0, 0.05) is 81.5 Å². The molecule has 5 fully saturated rings. The number of amides is 2. The van der Waals surface area contributed by atoms with E-state index in [4.69, 9.17) is 26.4 Å². The summed E-state index contributed by atoms with van der Waals surface area (Å²) in [6.45, 7) is 6.45. The lowest BCUT2D eigenvalue weighted by molar-refractivity contribution is -0.134. The molecule has 8 heterocycles. The van der Waals surface area contributed by atoms with Gasteiger partial charge in [0.2, 0.25) is 17.6 Å². The van der Waals surface area contributed by atoms with Crippen LogP contribution in [-0.2, 0) is 23.7 Å². The van der Waals surface area contributed by atoms with Crippen LogP contribution < -0.4 is 36.0 Å². The lowest BCUT2D eigenvalue weighted by atomic mass is 9.71. The third-order valence-corrected chi connectivity index (χ3v) is 16.0. The summed E-state index contributed by atoms with van der Waals surface area (Å²) in [6.07, 6.45) is 10.9. The molecule has 3 N–H and O–H groups in total. The number of piperidine rings is 4. The molecule has 5 aliphatic heterocycles. The van der Waals surface area contributed by atoms with Crippen molar-refractivity contribution in [2.75, 3.05) is 72.9 Å². The predicted molar refractivity (Wildman–Crippen MR) is 253 cm³/mol. The molecule has 11 rings (SSSR count). The minimum absolute atomic E-state index is 0.0810. The number of imide groups is 1. The summed E-state index contributed by atoms with van der Waals surface area (Å²) in [6, 6.07) is 12.9. The van der Waals surface area contributed by atoms with E-state index in [0.717, 1.165) is 93.9 Å². The first-order chi connectivity index (χ1) is 31.8. The van der Waals surface area contributed by atoms with Gasteiger partial charge in [0.1, 0.15) is 5.82 Å². The van der Waals surface area contributed by atoms with E-state index in [1.54, 1.807) is 13.2 Å². The lowest BCUT2D eigenvalue weighted by Crippen LogP contribution is -2.48. The van der Waals surface area contributed by atoms with E-state index < -0.39 is 30.0 Å². The Morgan fingerprint density at radius 2 is 1.62 bits per heavy atom. The summed E-state index contributed by atoms with van der Waals surface area (Å²) < 4.78 is 39.3. The predicted octanol–water partition coefficient (Wildman–Crippen LogP) is 7.55.